The molecule has 40 heavy (non-hydrogen) atoms. The first-order chi connectivity index (χ1) is 19.5. The Hall–Kier alpha value is -5.09. The Bertz CT molecular complexity index is 1640. The number of aromatic nitrogens is 4. The minimum absolute atomic E-state index is 0.188. The van der Waals surface area contributed by atoms with E-state index in [1.807, 2.05) is 54.6 Å². The van der Waals surface area contributed by atoms with Crippen molar-refractivity contribution in [2.45, 2.75) is 18.9 Å². The first-order valence-electron chi connectivity index (χ1n) is 13.0. The molecule has 6 rings (SSSR count). The SMILES string of the molecule is O=C(Nc1ccc2c(cnn2-c2ccc(NC(=O)c3cnccn3)cc2)c1)c1ccc(N2CCC(O)CC2)cc1. The number of carbonyl (C=O) groups is 2. The Kier molecular flexibility index (Phi) is 6.90. The lowest BCUT2D eigenvalue weighted by molar-refractivity contribution is 0.101. The van der Waals surface area contributed by atoms with Gasteiger partial charge in [0.25, 0.3) is 11.8 Å². The van der Waals surface area contributed by atoms with Gasteiger partial charge in [0.05, 0.1) is 29.7 Å². The number of hydrogen-bond donors (Lipinski definition) is 3. The molecule has 0 aliphatic carbocycles. The molecule has 0 unspecified atom stereocenters. The fraction of sp³-hybridized carbons (Fsp3) is 0.167. The van der Waals surface area contributed by atoms with Gasteiger partial charge in [-0.15, -0.1) is 0 Å². The summed E-state index contributed by atoms with van der Waals surface area (Å²) in [5.41, 5.74) is 4.87. The fourth-order valence-electron chi connectivity index (χ4n) is 4.76. The number of nitrogens with zero attached hydrogens (tertiary/aromatic N) is 5. The summed E-state index contributed by atoms with van der Waals surface area (Å²) in [6, 6.07) is 20.5. The number of piperidine rings is 1. The van der Waals surface area contributed by atoms with Gasteiger partial charge in [0, 0.05) is 53.5 Å². The highest BCUT2D eigenvalue weighted by molar-refractivity contribution is 6.05. The minimum Gasteiger partial charge on any atom is -0.393 e. The average molecular weight is 534 g/mol. The van der Waals surface area contributed by atoms with Crippen molar-refractivity contribution in [3.8, 4) is 5.69 Å². The Morgan fingerprint density at radius 2 is 1.50 bits per heavy atom. The third-order valence-electron chi connectivity index (χ3n) is 6.95. The molecule has 10 nitrogen and oxygen atoms in total. The van der Waals surface area contributed by atoms with Crippen LogP contribution in [-0.2, 0) is 0 Å². The van der Waals surface area contributed by atoms with Crippen molar-refractivity contribution < 1.29 is 14.7 Å². The standard InChI is InChI=1S/C30H27N7O3/c38-26-11-15-36(16-12-26)24-6-1-20(2-7-24)29(39)35-23-5-10-28-21(17-23)18-33-37(28)25-8-3-22(4-9-25)34-30(40)27-19-31-13-14-32-27/h1-10,13-14,17-19,26,38H,11-12,15-16H2,(H,34,40)(H,35,39). The Labute approximate surface area is 230 Å². The molecule has 1 fully saturated rings. The van der Waals surface area contributed by atoms with Gasteiger partial charge in [0.1, 0.15) is 5.69 Å². The van der Waals surface area contributed by atoms with Crippen LogP contribution in [0, 0.1) is 0 Å². The van der Waals surface area contributed by atoms with E-state index in [0.29, 0.717) is 16.9 Å². The Morgan fingerprint density at radius 1 is 0.800 bits per heavy atom. The fourth-order valence-corrected chi connectivity index (χ4v) is 4.76. The zero-order chi connectivity index (χ0) is 27.5. The van der Waals surface area contributed by atoms with E-state index in [4.69, 9.17) is 0 Å². The molecule has 5 aromatic rings. The van der Waals surface area contributed by atoms with E-state index >= 15 is 0 Å². The predicted molar refractivity (Wildman–Crippen MR) is 153 cm³/mol. The van der Waals surface area contributed by atoms with Crippen molar-refractivity contribution in [1.29, 1.82) is 0 Å². The summed E-state index contributed by atoms with van der Waals surface area (Å²) in [5, 5.41) is 20.9. The van der Waals surface area contributed by atoms with Crippen LogP contribution in [0.1, 0.15) is 33.7 Å². The molecule has 2 aromatic heterocycles. The maximum absolute atomic E-state index is 12.9. The van der Waals surface area contributed by atoms with Crippen molar-refractivity contribution in [2.24, 2.45) is 0 Å². The molecule has 0 atom stereocenters. The van der Waals surface area contributed by atoms with E-state index in [0.717, 1.165) is 48.2 Å². The number of aliphatic hydroxyl groups is 1. The van der Waals surface area contributed by atoms with Crippen LogP contribution in [0.25, 0.3) is 16.6 Å². The molecule has 1 aliphatic heterocycles. The van der Waals surface area contributed by atoms with Crippen LogP contribution in [0.5, 0.6) is 0 Å². The summed E-state index contributed by atoms with van der Waals surface area (Å²) in [7, 11) is 0. The molecular formula is C30H27N7O3. The van der Waals surface area contributed by atoms with E-state index in [2.05, 4.69) is 30.6 Å². The molecule has 200 valence electrons. The van der Waals surface area contributed by atoms with Crippen LogP contribution in [0.4, 0.5) is 17.1 Å². The van der Waals surface area contributed by atoms with Gasteiger partial charge in [-0.05, 0) is 79.6 Å². The molecule has 3 N–H and O–H groups in total. The molecule has 0 bridgehead atoms. The molecule has 3 aromatic carbocycles. The highest BCUT2D eigenvalue weighted by Crippen LogP contribution is 2.24. The highest BCUT2D eigenvalue weighted by Gasteiger charge is 2.18. The largest absolute Gasteiger partial charge is 0.393 e. The zero-order valence-electron chi connectivity index (χ0n) is 21.6. The van der Waals surface area contributed by atoms with E-state index in [9.17, 15) is 14.7 Å². The second kappa shape index (κ2) is 11.0. The van der Waals surface area contributed by atoms with Gasteiger partial charge in [0.2, 0.25) is 0 Å². The topological polar surface area (TPSA) is 125 Å². The molecule has 0 saturated carbocycles. The number of fused-ring (bicyclic) bond motifs is 1. The van der Waals surface area contributed by atoms with Crippen LogP contribution >= 0.6 is 0 Å². The minimum atomic E-state index is -0.335. The summed E-state index contributed by atoms with van der Waals surface area (Å²) in [6.07, 6.45) is 7.44. The number of anilines is 3. The normalized spacial score (nSPS) is 13.8. The van der Waals surface area contributed by atoms with Gasteiger partial charge in [-0.3, -0.25) is 14.6 Å². The summed E-state index contributed by atoms with van der Waals surface area (Å²) in [4.78, 5) is 35.4. The maximum atomic E-state index is 12.9. The number of benzene rings is 3. The number of hydrogen-bond acceptors (Lipinski definition) is 7. The molecule has 0 radical (unpaired) electrons. The second-order valence-corrected chi connectivity index (χ2v) is 9.64. The van der Waals surface area contributed by atoms with Gasteiger partial charge in [-0.1, -0.05) is 0 Å². The van der Waals surface area contributed by atoms with Crippen molar-refractivity contribution in [1.82, 2.24) is 19.7 Å². The van der Waals surface area contributed by atoms with Gasteiger partial charge < -0.3 is 20.6 Å². The predicted octanol–water partition coefficient (Wildman–Crippen LogP) is 4.28. The summed E-state index contributed by atoms with van der Waals surface area (Å²) in [5.74, 6) is -0.523. The smallest absolute Gasteiger partial charge is 0.275 e. The second-order valence-electron chi connectivity index (χ2n) is 9.64. The summed E-state index contributed by atoms with van der Waals surface area (Å²) in [6.45, 7) is 1.62. The number of nitrogens with one attached hydrogen (secondary N) is 2. The molecule has 2 amide bonds. The maximum Gasteiger partial charge on any atom is 0.275 e. The van der Waals surface area contributed by atoms with Crippen LogP contribution in [-0.4, -0.2) is 55.9 Å². The molecule has 0 spiro atoms. The van der Waals surface area contributed by atoms with Crippen LogP contribution < -0.4 is 15.5 Å². The van der Waals surface area contributed by atoms with Crippen LogP contribution in [0.15, 0.2) is 91.5 Å². The monoisotopic (exact) mass is 533 g/mol. The molecule has 1 saturated heterocycles. The summed E-state index contributed by atoms with van der Waals surface area (Å²) < 4.78 is 1.80. The van der Waals surface area contributed by atoms with E-state index in [-0.39, 0.29) is 23.6 Å². The third kappa shape index (κ3) is 5.38. The van der Waals surface area contributed by atoms with E-state index in [1.54, 1.807) is 23.0 Å². The number of amides is 2. The first kappa shape index (κ1) is 25.2. The van der Waals surface area contributed by atoms with Crippen LogP contribution in [0.3, 0.4) is 0 Å². The molecular weight excluding hydrogens is 506 g/mol. The Balaban J connectivity index is 1.11. The van der Waals surface area contributed by atoms with Crippen molar-refractivity contribution >= 4 is 39.8 Å². The van der Waals surface area contributed by atoms with Crippen molar-refractivity contribution in [2.75, 3.05) is 28.6 Å². The lowest BCUT2D eigenvalue weighted by Crippen LogP contribution is -2.35. The third-order valence-corrected chi connectivity index (χ3v) is 6.95. The van der Waals surface area contributed by atoms with E-state index < -0.39 is 0 Å². The quantitative estimate of drug-likeness (QED) is 0.297. The number of aliphatic hydroxyl groups excluding tert-OH is 1. The van der Waals surface area contributed by atoms with Gasteiger partial charge in [-0.25, -0.2) is 9.67 Å². The van der Waals surface area contributed by atoms with Gasteiger partial charge in [0.15, 0.2) is 0 Å². The van der Waals surface area contributed by atoms with E-state index in [1.165, 1.54) is 18.6 Å². The number of carbonyl (C=O) groups excluding carboxylic acids is 2. The number of rotatable bonds is 6. The Morgan fingerprint density at radius 3 is 2.23 bits per heavy atom. The lowest BCUT2D eigenvalue weighted by atomic mass is 10.1. The van der Waals surface area contributed by atoms with Gasteiger partial charge >= 0.3 is 0 Å². The van der Waals surface area contributed by atoms with Crippen molar-refractivity contribution in [3.05, 3.63) is 103 Å². The zero-order valence-corrected chi connectivity index (χ0v) is 21.6. The first-order valence-corrected chi connectivity index (χ1v) is 13.0. The van der Waals surface area contributed by atoms with Gasteiger partial charge in [-0.2, -0.15) is 5.10 Å². The summed E-state index contributed by atoms with van der Waals surface area (Å²) >= 11 is 0. The van der Waals surface area contributed by atoms with Crippen LogP contribution in [0.2, 0.25) is 0 Å². The average Bonchev–Trinajstić information content (AvgIpc) is 3.42. The molecule has 1 aliphatic rings. The highest BCUT2D eigenvalue weighted by atomic mass is 16.3. The molecule has 10 heteroatoms. The van der Waals surface area contributed by atoms with Crippen molar-refractivity contribution in [3.63, 3.8) is 0 Å². The molecule has 3 heterocycles. The lowest BCUT2D eigenvalue weighted by Gasteiger charge is -2.31.